The van der Waals surface area contributed by atoms with Gasteiger partial charge in [0.05, 0.1) is 0 Å². The number of Topliss-reactive ketones (excluding diaryl/α,β-unsaturated/α-hetero) is 1. The van der Waals surface area contributed by atoms with E-state index in [4.69, 9.17) is 5.73 Å². The van der Waals surface area contributed by atoms with Gasteiger partial charge >= 0.3 is 0 Å². The molecular weight excluding hydrogens is 228 g/mol. The molecule has 0 spiro atoms. The van der Waals surface area contributed by atoms with Crippen LogP contribution in [0.2, 0.25) is 0 Å². The van der Waals surface area contributed by atoms with Gasteiger partial charge in [-0.3, -0.25) is 9.59 Å². The van der Waals surface area contributed by atoms with Crippen LogP contribution < -0.4 is 11.1 Å². The van der Waals surface area contributed by atoms with Crippen molar-refractivity contribution in [2.75, 3.05) is 5.73 Å². The average molecular weight is 248 g/mol. The van der Waals surface area contributed by atoms with E-state index in [2.05, 4.69) is 5.32 Å². The van der Waals surface area contributed by atoms with Crippen molar-refractivity contribution in [2.45, 2.75) is 39.2 Å². The number of anilines is 1. The first-order valence-corrected chi connectivity index (χ1v) is 6.21. The number of ketones is 1. The van der Waals surface area contributed by atoms with E-state index in [-0.39, 0.29) is 30.6 Å². The highest BCUT2D eigenvalue weighted by Gasteiger charge is 2.10. The van der Waals surface area contributed by atoms with Crippen molar-refractivity contribution in [3.8, 4) is 0 Å². The van der Waals surface area contributed by atoms with E-state index in [1.165, 1.54) is 0 Å². The second kappa shape index (κ2) is 6.79. The second-order valence-electron chi connectivity index (χ2n) is 4.42. The summed E-state index contributed by atoms with van der Waals surface area (Å²) in [5.41, 5.74) is 6.77. The van der Waals surface area contributed by atoms with Crippen molar-refractivity contribution >= 4 is 17.4 Å². The third-order valence-electron chi connectivity index (χ3n) is 2.83. The summed E-state index contributed by atoms with van der Waals surface area (Å²) in [4.78, 5) is 23.3. The topological polar surface area (TPSA) is 72.2 Å². The fourth-order valence-electron chi connectivity index (χ4n) is 1.49. The van der Waals surface area contributed by atoms with Gasteiger partial charge in [-0.1, -0.05) is 6.92 Å². The number of carbonyl (C=O) groups excluding carboxylic acids is 2. The smallest absolute Gasteiger partial charge is 0.220 e. The zero-order valence-corrected chi connectivity index (χ0v) is 10.9. The Balaban J connectivity index is 2.41. The minimum absolute atomic E-state index is 0.0331. The zero-order valence-electron chi connectivity index (χ0n) is 10.9. The zero-order chi connectivity index (χ0) is 13.5. The molecule has 1 atom stereocenters. The van der Waals surface area contributed by atoms with Gasteiger partial charge in [0.15, 0.2) is 5.78 Å². The quantitative estimate of drug-likeness (QED) is 0.598. The van der Waals surface area contributed by atoms with E-state index in [1.807, 2.05) is 13.8 Å². The molecule has 0 aromatic heterocycles. The van der Waals surface area contributed by atoms with Crippen molar-refractivity contribution in [3.63, 3.8) is 0 Å². The Morgan fingerprint density at radius 3 is 2.39 bits per heavy atom. The second-order valence-corrected chi connectivity index (χ2v) is 4.42. The summed E-state index contributed by atoms with van der Waals surface area (Å²) < 4.78 is 0. The Kier molecular flexibility index (Phi) is 5.36. The number of nitrogens with two attached hydrogens (primary N) is 1. The van der Waals surface area contributed by atoms with Crippen LogP contribution >= 0.6 is 0 Å². The van der Waals surface area contributed by atoms with Crippen LogP contribution in [0.1, 0.15) is 43.5 Å². The van der Waals surface area contributed by atoms with Crippen molar-refractivity contribution in [1.82, 2.24) is 5.32 Å². The average Bonchev–Trinajstić information content (AvgIpc) is 2.36. The van der Waals surface area contributed by atoms with Crippen LogP contribution in [-0.2, 0) is 4.79 Å². The normalized spacial score (nSPS) is 11.9. The molecule has 1 aromatic rings. The molecule has 0 bridgehead atoms. The predicted octanol–water partition coefficient (Wildman–Crippen LogP) is 2.15. The van der Waals surface area contributed by atoms with Gasteiger partial charge in [0.1, 0.15) is 0 Å². The lowest BCUT2D eigenvalue weighted by molar-refractivity contribution is -0.121. The van der Waals surface area contributed by atoms with Gasteiger partial charge < -0.3 is 11.1 Å². The van der Waals surface area contributed by atoms with Crippen molar-refractivity contribution in [2.24, 2.45) is 0 Å². The first-order chi connectivity index (χ1) is 8.52. The molecule has 98 valence electrons. The van der Waals surface area contributed by atoms with E-state index in [1.54, 1.807) is 24.3 Å². The Labute approximate surface area is 108 Å². The lowest BCUT2D eigenvalue weighted by Crippen LogP contribution is -2.32. The summed E-state index contributed by atoms with van der Waals surface area (Å²) >= 11 is 0. The molecule has 0 heterocycles. The van der Waals surface area contributed by atoms with Gasteiger partial charge in [0, 0.05) is 30.1 Å². The van der Waals surface area contributed by atoms with Gasteiger partial charge in [0.2, 0.25) is 5.91 Å². The Morgan fingerprint density at radius 1 is 1.22 bits per heavy atom. The Hall–Kier alpha value is -1.84. The number of hydrogen-bond donors (Lipinski definition) is 2. The standard InChI is InChI=1S/C14H20N2O2/c1-3-10(2)16-14(18)9-8-13(17)11-4-6-12(15)7-5-11/h4-7,10H,3,8-9,15H2,1-2H3,(H,16,18). The Morgan fingerprint density at radius 2 is 1.83 bits per heavy atom. The molecule has 0 aliphatic rings. The van der Waals surface area contributed by atoms with Crippen LogP contribution in [0.25, 0.3) is 0 Å². The summed E-state index contributed by atoms with van der Waals surface area (Å²) in [6.45, 7) is 3.95. The summed E-state index contributed by atoms with van der Waals surface area (Å²) in [6, 6.07) is 6.90. The third-order valence-corrected chi connectivity index (χ3v) is 2.83. The number of nitrogens with one attached hydrogen (secondary N) is 1. The molecule has 3 N–H and O–H groups in total. The minimum Gasteiger partial charge on any atom is -0.399 e. The molecule has 0 saturated heterocycles. The Bertz CT molecular complexity index is 412. The number of hydrogen-bond acceptors (Lipinski definition) is 3. The van der Waals surface area contributed by atoms with Crippen LogP contribution in [-0.4, -0.2) is 17.7 Å². The summed E-state index contributed by atoms with van der Waals surface area (Å²) in [5.74, 6) is -0.109. The van der Waals surface area contributed by atoms with Crippen LogP contribution in [0.4, 0.5) is 5.69 Å². The predicted molar refractivity (Wildman–Crippen MR) is 72.3 cm³/mol. The number of amides is 1. The molecular formula is C14H20N2O2. The fraction of sp³-hybridized carbons (Fsp3) is 0.429. The maximum absolute atomic E-state index is 11.8. The van der Waals surface area contributed by atoms with Crippen LogP contribution in [0.15, 0.2) is 24.3 Å². The van der Waals surface area contributed by atoms with Gasteiger partial charge in [0.25, 0.3) is 0 Å². The maximum Gasteiger partial charge on any atom is 0.220 e. The summed E-state index contributed by atoms with van der Waals surface area (Å²) in [5, 5.41) is 2.83. The molecule has 1 rings (SSSR count). The highest BCUT2D eigenvalue weighted by atomic mass is 16.2. The first kappa shape index (κ1) is 14.2. The van der Waals surface area contributed by atoms with Crippen LogP contribution in [0, 0.1) is 0 Å². The van der Waals surface area contributed by atoms with Crippen molar-refractivity contribution in [3.05, 3.63) is 29.8 Å². The van der Waals surface area contributed by atoms with Crippen molar-refractivity contribution < 1.29 is 9.59 Å². The van der Waals surface area contributed by atoms with E-state index >= 15 is 0 Å². The largest absolute Gasteiger partial charge is 0.399 e. The van der Waals surface area contributed by atoms with E-state index < -0.39 is 0 Å². The number of carbonyl (C=O) groups is 2. The lowest BCUT2D eigenvalue weighted by atomic mass is 10.1. The molecule has 0 radical (unpaired) electrons. The molecule has 1 amide bonds. The summed E-state index contributed by atoms with van der Waals surface area (Å²) in [6.07, 6.45) is 1.34. The highest BCUT2D eigenvalue weighted by Crippen LogP contribution is 2.09. The SMILES string of the molecule is CCC(C)NC(=O)CCC(=O)c1ccc(N)cc1. The van der Waals surface area contributed by atoms with Crippen LogP contribution in [0.3, 0.4) is 0 Å². The molecule has 0 saturated carbocycles. The highest BCUT2D eigenvalue weighted by molar-refractivity contribution is 5.98. The molecule has 0 aliphatic carbocycles. The van der Waals surface area contributed by atoms with Crippen molar-refractivity contribution in [1.29, 1.82) is 0 Å². The molecule has 18 heavy (non-hydrogen) atoms. The maximum atomic E-state index is 11.8. The van der Waals surface area contributed by atoms with Gasteiger partial charge in [-0.25, -0.2) is 0 Å². The molecule has 0 fully saturated rings. The molecule has 0 aliphatic heterocycles. The van der Waals surface area contributed by atoms with Crippen LogP contribution in [0.5, 0.6) is 0 Å². The lowest BCUT2D eigenvalue weighted by Gasteiger charge is -2.10. The number of nitrogen functional groups attached to an aromatic ring is 1. The van der Waals surface area contributed by atoms with Gasteiger partial charge in [-0.15, -0.1) is 0 Å². The summed E-state index contributed by atoms with van der Waals surface area (Å²) in [7, 11) is 0. The molecule has 4 heteroatoms. The van der Waals surface area contributed by atoms with Gasteiger partial charge in [-0.05, 0) is 37.6 Å². The minimum atomic E-state index is -0.0758. The first-order valence-electron chi connectivity index (χ1n) is 6.21. The third kappa shape index (κ3) is 4.57. The number of rotatable bonds is 6. The number of benzene rings is 1. The molecule has 4 nitrogen and oxygen atoms in total. The van der Waals surface area contributed by atoms with E-state index in [0.29, 0.717) is 11.3 Å². The molecule has 1 unspecified atom stereocenters. The monoisotopic (exact) mass is 248 g/mol. The van der Waals surface area contributed by atoms with Gasteiger partial charge in [-0.2, -0.15) is 0 Å². The molecule has 1 aromatic carbocycles. The van der Waals surface area contributed by atoms with E-state index in [0.717, 1.165) is 6.42 Å². The fourth-order valence-corrected chi connectivity index (χ4v) is 1.49. The van der Waals surface area contributed by atoms with E-state index in [9.17, 15) is 9.59 Å².